The van der Waals surface area contributed by atoms with Crippen molar-refractivity contribution >= 4 is 11.3 Å². The molecule has 0 fully saturated rings. The highest BCUT2D eigenvalue weighted by atomic mass is 32.1. The minimum atomic E-state index is 0.389. The van der Waals surface area contributed by atoms with E-state index in [4.69, 9.17) is 0 Å². The molecule has 2 rings (SSSR count). The second-order valence-corrected chi connectivity index (χ2v) is 5.52. The smallest absolute Gasteiger partial charge is 0.0794 e. The van der Waals surface area contributed by atoms with Crippen LogP contribution in [0.4, 0.5) is 0 Å². The summed E-state index contributed by atoms with van der Waals surface area (Å²) in [7, 11) is 0. The van der Waals surface area contributed by atoms with Crippen LogP contribution in [0.15, 0.2) is 36.0 Å². The highest BCUT2D eigenvalue weighted by Gasteiger charge is 2.12. The summed E-state index contributed by atoms with van der Waals surface area (Å²) in [5.41, 5.74) is 4.60. The first kappa shape index (κ1) is 13.2. The Bertz CT molecular complexity index is 448. The number of rotatable bonds is 6. The van der Waals surface area contributed by atoms with Crippen molar-refractivity contribution in [2.24, 2.45) is 0 Å². The number of nitrogens with zero attached hydrogens (tertiary/aromatic N) is 1. The Balaban J connectivity index is 2.07. The first-order valence-electron chi connectivity index (χ1n) is 6.47. The molecule has 1 atom stereocenters. The molecule has 0 aliphatic heterocycles. The second kappa shape index (κ2) is 6.66. The van der Waals surface area contributed by atoms with Gasteiger partial charge in [0.05, 0.1) is 5.51 Å². The Morgan fingerprint density at radius 3 is 2.67 bits per heavy atom. The molecule has 1 aromatic heterocycles. The molecule has 1 aromatic carbocycles. The molecule has 3 heteroatoms. The van der Waals surface area contributed by atoms with E-state index in [9.17, 15) is 0 Å². The van der Waals surface area contributed by atoms with Gasteiger partial charge in [-0.3, -0.25) is 4.98 Å². The van der Waals surface area contributed by atoms with Crippen LogP contribution in [0.2, 0.25) is 0 Å². The Kier molecular flexibility index (Phi) is 4.90. The third-order valence-electron chi connectivity index (χ3n) is 3.00. The first-order valence-corrected chi connectivity index (χ1v) is 7.35. The SMILES string of the molecule is CCCNC(Cc1ccc(C)cc1)c1cncs1. The Labute approximate surface area is 113 Å². The van der Waals surface area contributed by atoms with Gasteiger partial charge in [-0.25, -0.2) is 0 Å². The van der Waals surface area contributed by atoms with Gasteiger partial charge in [-0.05, 0) is 31.9 Å². The number of hydrogen-bond donors (Lipinski definition) is 1. The van der Waals surface area contributed by atoms with Crippen molar-refractivity contribution in [1.29, 1.82) is 0 Å². The topological polar surface area (TPSA) is 24.9 Å². The monoisotopic (exact) mass is 260 g/mol. The highest BCUT2D eigenvalue weighted by molar-refractivity contribution is 7.09. The van der Waals surface area contributed by atoms with Crippen molar-refractivity contribution in [3.8, 4) is 0 Å². The van der Waals surface area contributed by atoms with Crippen LogP contribution in [0.5, 0.6) is 0 Å². The van der Waals surface area contributed by atoms with Crippen molar-refractivity contribution in [1.82, 2.24) is 10.3 Å². The summed E-state index contributed by atoms with van der Waals surface area (Å²) in [6, 6.07) is 9.19. The fraction of sp³-hybridized carbons (Fsp3) is 0.400. The van der Waals surface area contributed by atoms with Crippen LogP contribution in [-0.2, 0) is 6.42 Å². The predicted molar refractivity (Wildman–Crippen MR) is 78.0 cm³/mol. The van der Waals surface area contributed by atoms with Crippen LogP contribution >= 0.6 is 11.3 Å². The molecular weight excluding hydrogens is 240 g/mol. The Morgan fingerprint density at radius 2 is 2.06 bits per heavy atom. The van der Waals surface area contributed by atoms with Gasteiger partial charge in [0.25, 0.3) is 0 Å². The number of aromatic nitrogens is 1. The molecule has 0 amide bonds. The van der Waals surface area contributed by atoms with Crippen LogP contribution < -0.4 is 5.32 Å². The molecule has 0 saturated heterocycles. The summed E-state index contributed by atoms with van der Waals surface area (Å²) in [6.45, 7) is 5.37. The van der Waals surface area contributed by atoms with E-state index >= 15 is 0 Å². The lowest BCUT2D eigenvalue weighted by Crippen LogP contribution is -2.23. The number of aryl methyl sites for hydroxylation is 1. The summed E-state index contributed by atoms with van der Waals surface area (Å²) >= 11 is 1.73. The zero-order valence-corrected chi connectivity index (χ0v) is 11.8. The molecule has 2 nitrogen and oxygen atoms in total. The summed E-state index contributed by atoms with van der Waals surface area (Å²) < 4.78 is 0. The van der Waals surface area contributed by atoms with Crippen LogP contribution in [0.1, 0.15) is 35.4 Å². The van der Waals surface area contributed by atoms with Gasteiger partial charge in [-0.1, -0.05) is 36.8 Å². The number of benzene rings is 1. The minimum Gasteiger partial charge on any atom is -0.309 e. The fourth-order valence-electron chi connectivity index (χ4n) is 1.95. The molecular formula is C15H20N2S. The van der Waals surface area contributed by atoms with Crippen molar-refractivity contribution < 1.29 is 0 Å². The van der Waals surface area contributed by atoms with Crippen molar-refractivity contribution in [3.05, 3.63) is 52.0 Å². The zero-order valence-electron chi connectivity index (χ0n) is 11.0. The van der Waals surface area contributed by atoms with Gasteiger partial charge >= 0.3 is 0 Å². The maximum atomic E-state index is 4.19. The molecule has 1 N–H and O–H groups in total. The normalized spacial score (nSPS) is 12.6. The summed E-state index contributed by atoms with van der Waals surface area (Å²) in [5.74, 6) is 0. The number of thiazole rings is 1. The second-order valence-electron chi connectivity index (χ2n) is 4.60. The lowest BCUT2D eigenvalue weighted by atomic mass is 10.0. The lowest BCUT2D eigenvalue weighted by molar-refractivity contribution is 0.536. The van der Waals surface area contributed by atoms with Crippen LogP contribution in [0.3, 0.4) is 0 Å². The molecule has 1 heterocycles. The molecule has 0 aliphatic rings. The summed E-state index contributed by atoms with van der Waals surface area (Å²) in [6.07, 6.45) is 4.16. The van der Waals surface area contributed by atoms with E-state index in [0.717, 1.165) is 19.4 Å². The molecule has 0 saturated carbocycles. The zero-order chi connectivity index (χ0) is 12.8. The van der Waals surface area contributed by atoms with Gasteiger partial charge in [-0.15, -0.1) is 11.3 Å². The first-order chi connectivity index (χ1) is 8.79. The quantitative estimate of drug-likeness (QED) is 0.856. The molecule has 1 unspecified atom stereocenters. The molecule has 96 valence electrons. The third kappa shape index (κ3) is 3.65. The molecule has 18 heavy (non-hydrogen) atoms. The third-order valence-corrected chi connectivity index (χ3v) is 3.89. The predicted octanol–water partition coefficient (Wildman–Crippen LogP) is 3.73. The number of hydrogen-bond acceptors (Lipinski definition) is 3. The molecule has 2 aromatic rings. The van der Waals surface area contributed by atoms with Crippen molar-refractivity contribution in [3.63, 3.8) is 0 Å². The lowest BCUT2D eigenvalue weighted by Gasteiger charge is -2.17. The van der Waals surface area contributed by atoms with Gasteiger partial charge in [0.15, 0.2) is 0 Å². The highest BCUT2D eigenvalue weighted by Crippen LogP contribution is 2.21. The molecule has 0 spiro atoms. The van der Waals surface area contributed by atoms with Crippen molar-refractivity contribution in [2.45, 2.75) is 32.7 Å². The van der Waals surface area contributed by atoms with E-state index in [0.29, 0.717) is 6.04 Å². The summed E-state index contributed by atoms with van der Waals surface area (Å²) in [5, 5.41) is 3.61. The van der Waals surface area contributed by atoms with Crippen LogP contribution in [0, 0.1) is 6.92 Å². The van der Waals surface area contributed by atoms with Crippen LogP contribution in [-0.4, -0.2) is 11.5 Å². The number of nitrogens with one attached hydrogen (secondary N) is 1. The maximum Gasteiger partial charge on any atom is 0.0794 e. The largest absolute Gasteiger partial charge is 0.309 e. The van der Waals surface area contributed by atoms with E-state index in [-0.39, 0.29) is 0 Å². The average molecular weight is 260 g/mol. The van der Waals surface area contributed by atoms with E-state index in [2.05, 4.69) is 48.4 Å². The Morgan fingerprint density at radius 1 is 1.28 bits per heavy atom. The Hall–Kier alpha value is -1.19. The minimum absolute atomic E-state index is 0.389. The van der Waals surface area contributed by atoms with Crippen LogP contribution in [0.25, 0.3) is 0 Å². The van der Waals surface area contributed by atoms with Gasteiger partial charge in [0, 0.05) is 17.1 Å². The van der Waals surface area contributed by atoms with E-state index < -0.39 is 0 Å². The van der Waals surface area contributed by atoms with E-state index in [1.165, 1.54) is 16.0 Å². The van der Waals surface area contributed by atoms with Gasteiger partial charge < -0.3 is 5.32 Å². The van der Waals surface area contributed by atoms with Gasteiger partial charge in [0.2, 0.25) is 0 Å². The standard InChI is InChI=1S/C15H20N2S/c1-3-8-17-14(15-10-16-11-18-15)9-13-6-4-12(2)5-7-13/h4-7,10-11,14,17H,3,8-9H2,1-2H3. The van der Waals surface area contributed by atoms with E-state index in [1.807, 2.05) is 11.7 Å². The van der Waals surface area contributed by atoms with Gasteiger partial charge in [-0.2, -0.15) is 0 Å². The maximum absolute atomic E-state index is 4.19. The average Bonchev–Trinajstić information content (AvgIpc) is 2.90. The van der Waals surface area contributed by atoms with E-state index in [1.54, 1.807) is 11.3 Å². The summed E-state index contributed by atoms with van der Waals surface area (Å²) in [4.78, 5) is 5.51. The molecule has 0 bridgehead atoms. The van der Waals surface area contributed by atoms with Gasteiger partial charge in [0.1, 0.15) is 0 Å². The fourth-order valence-corrected chi connectivity index (χ4v) is 2.65. The molecule has 0 aliphatic carbocycles. The van der Waals surface area contributed by atoms with Crippen molar-refractivity contribution in [2.75, 3.05) is 6.54 Å². The molecule has 0 radical (unpaired) electrons.